The Balaban J connectivity index is 1.75. The van der Waals surface area contributed by atoms with Crippen LogP contribution >= 0.6 is 11.8 Å². The second kappa shape index (κ2) is 8.12. The summed E-state index contributed by atoms with van der Waals surface area (Å²) in [4.78, 5) is 11.7. The molecule has 1 aliphatic rings. The van der Waals surface area contributed by atoms with Gasteiger partial charge in [0.05, 0.1) is 19.8 Å². The topological polar surface area (TPSA) is 35.5 Å². The summed E-state index contributed by atoms with van der Waals surface area (Å²) in [5, 5.41) is 0.132. The van der Waals surface area contributed by atoms with Gasteiger partial charge in [-0.1, -0.05) is 42.5 Å². The molecule has 0 amide bonds. The highest BCUT2D eigenvalue weighted by atomic mass is 32.2. The highest BCUT2D eigenvalue weighted by Crippen LogP contribution is 2.28. The molecule has 2 rings (SSSR count). The van der Waals surface area contributed by atoms with Crippen molar-refractivity contribution >= 4 is 17.7 Å². The van der Waals surface area contributed by atoms with Gasteiger partial charge in [0.15, 0.2) is 0 Å². The second-order valence-electron chi connectivity index (χ2n) is 4.58. The summed E-state index contributed by atoms with van der Waals surface area (Å²) in [6.45, 7) is 3.50. The number of benzene rings is 1. The van der Waals surface area contributed by atoms with Crippen LogP contribution in [-0.2, 0) is 20.9 Å². The number of allylic oxidation sites excluding steroid dienone is 1. The molecule has 0 radical (unpaired) electrons. The Morgan fingerprint density at radius 2 is 2.15 bits per heavy atom. The van der Waals surface area contributed by atoms with Crippen molar-refractivity contribution in [1.29, 1.82) is 0 Å². The van der Waals surface area contributed by atoms with Crippen molar-refractivity contribution in [3.8, 4) is 0 Å². The first-order chi connectivity index (χ1) is 9.79. The Morgan fingerprint density at radius 1 is 1.35 bits per heavy atom. The lowest BCUT2D eigenvalue weighted by molar-refractivity contribution is -0.142. The van der Waals surface area contributed by atoms with Gasteiger partial charge in [-0.3, -0.25) is 4.79 Å². The van der Waals surface area contributed by atoms with Crippen LogP contribution in [0.3, 0.4) is 0 Å². The number of ether oxygens (including phenoxy) is 2. The average molecular weight is 292 g/mol. The van der Waals surface area contributed by atoms with Gasteiger partial charge >= 0.3 is 5.97 Å². The van der Waals surface area contributed by atoms with Crippen molar-refractivity contribution in [3.63, 3.8) is 0 Å². The number of hydrogen-bond donors (Lipinski definition) is 0. The molecule has 0 saturated carbocycles. The van der Waals surface area contributed by atoms with Gasteiger partial charge in [-0.15, -0.1) is 11.8 Å². The van der Waals surface area contributed by atoms with Crippen LogP contribution in [0.1, 0.15) is 18.9 Å². The van der Waals surface area contributed by atoms with Crippen LogP contribution in [-0.4, -0.2) is 29.7 Å². The first-order valence-electron chi connectivity index (χ1n) is 6.90. The van der Waals surface area contributed by atoms with Gasteiger partial charge in [-0.05, 0) is 18.9 Å². The van der Waals surface area contributed by atoms with E-state index in [4.69, 9.17) is 9.47 Å². The van der Waals surface area contributed by atoms with E-state index in [-0.39, 0.29) is 16.5 Å². The minimum absolute atomic E-state index is 0.0923. The minimum atomic E-state index is -0.116. The summed E-state index contributed by atoms with van der Waals surface area (Å²) >= 11 is 1.63. The number of thioether (sulfide) groups is 1. The highest BCUT2D eigenvalue weighted by Gasteiger charge is 2.25. The molecule has 1 aromatic carbocycles. The third-order valence-corrected chi connectivity index (χ3v) is 4.34. The molecule has 3 nitrogen and oxygen atoms in total. The Morgan fingerprint density at radius 3 is 2.90 bits per heavy atom. The summed E-state index contributed by atoms with van der Waals surface area (Å²) in [7, 11) is 0. The first-order valence-corrected chi connectivity index (χ1v) is 7.84. The molecule has 108 valence electrons. The summed E-state index contributed by atoms with van der Waals surface area (Å²) in [5.74, 6) is -0.116. The van der Waals surface area contributed by atoms with Crippen LogP contribution in [0.2, 0.25) is 0 Å². The lowest BCUT2D eigenvalue weighted by Crippen LogP contribution is -2.26. The third-order valence-electron chi connectivity index (χ3n) is 2.98. The molecule has 0 aliphatic carbocycles. The Kier molecular flexibility index (Phi) is 6.15. The molecule has 1 aromatic rings. The largest absolute Gasteiger partial charge is 0.465 e. The molecule has 0 unspecified atom stereocenters. The molecule has 1 heterocycles. The van der Waals surface area contributed by atoms with Crippen molar-refractivity contribution in [2.45, 2.75) is 30.5 Å². The predicted octanol–water partition coefficient (Wildman–Crippen LogP) is 3.20. The molecule has 1 aliphatic heterocycles. The van der Waals surface area contributed by atoms with Crippen LogP contribution in [0.25, 0.3) is 0 Å². The lowest BCUT2D eigenvalue weighted by atomic mass is 10.2. The van der Waals surface area contributed by atoms with Crippen molar-refractivity contribution < 1.29 is 14.3 Å². The molecule has 0 fully saturated rings. The summed E-state index contributed by atoms with van der Waals surface area (Å²) in [6, 6.07) is 10.1. The molecule has 20 heavy (non-hydrogen) atoms. The Bertz CT molecular complexity index is 444. The highest BCUT2D eigenvalue weighted by molar-refractivity contribution is 8.01. The Hall–Kier alpha value is -1.26. The van der Waals surface area contributed by atoms with Crippen molar-refractivity contribution in [3.05, 3.63) is 48.0 Å². The van der Waals surface area contributed by atoms with Crippen LogP contribution in [0, 0.1) is 0 Å². The SMILES string of the molecule is CCOC(=O)[C@@H]1CC=C[C@@H](COCc2ccccc2)S1. The maximum atomic E-state index is 11.7. The zero-order valence-electron chi connectivity index (χ0n) is 11.7. The van der Waals surface area contributed by atoms with Gasteiger partial charge in [-0.25, -0.2) is 0 Å². The fraction of sp³-hybridized carbons (Fsp3) is 0.438. The quantitative estimate of drug-likeness (QED) is 0.596. The van der Waals surface area contributed by atoms with Crippen LogP contribution in [0.15, 0.2) is 42.5 Å². The van der Waals surface area contributed by atoms with E-state index in [1.807, 2.05) is 37.3 Å². The lowest BCUT2D eigenvalue weighted by Gasteiger charge is -2.22. The smallest absolute Gasteiger partial charge is 0.319 e. The fourth-order valence-electron chi connectivity index (χ4n) is 2.01. The van der Waals surface area contributed by atoms with E-state index in [0.29, 0.717) is 19.8 Å². The van der Waals surface area contributed by atoms with Gasteiger partial charge in [0.2, 0.25) is 0 Å². The van der Waals surface area contributed by atoms with Crippen molar-refractivity contribution in [1.82, 2.24) is 0 Å². The van der Waals surface area contributed by atoms with E-state index in [9.17, 15) is 4.79 Å². The molecule has 0 N–H and O–H groups in total. The normalized spacial score (nSPS) is 21.6. The van der Waals surface area contributed by atoms with E-state index in [1.54, 1.807) is 11.8 Å². The standard InChI is InChI=1S/C16H20O3S/c1-2-19-16(17)15-10-6-9-14(20-15)12-18-11-13-7-4-3-5-8-13/h3-9,14-15H,2,10-12H2,1H3/t14-,15-/m0/s1. The molecular formula is C16H20O3S. The summed E-state index contributed by atoms with van der Waals surface area (Å²) in [5.41, 5.74) is 1.17. The average Bonchev–Trinajstić information content (AvgIpc) is 2.49. The van der Waals surface area contributed by atoms with E-state index >= 15 is 0 Å². The fourth-order valence-corrected chi connectivity index (χ4v) is 3.21. The van der Waals surface area contributed by atoms with Gasteiger partial charge in [0.1, 0.15) is 5.25 Å². The zero-order chi connectivity index (χ0) is 14.2. The van der Waals surface area contributed by atoms with Gasteiger partial charge in [0.25, 0.3) is 0 Å². The van der Waals surface area contributed by atoms with Gasteiger partial charge in [0, 0.05) is 5.25 Å². The van der Waals surface area contributed by atoms with Crippen LogP contribution in [0.5, 0.6) is 0 Å². The number of esters is 1. The number of rotatable bonds is 6. The molecule has 0 saturated heterocycles. The molecule has 2 atom stereocenters. The number of hydrogen-bond acceptors (Lipinski definition) is 4. The van der Waals surface area contributed by atoms with Gasteiger partial charge < -0.3 is 9.47 Å². The monoisotopic (exact) mass is 292 g/mol. The van der Waals surface area contributed by atoms with Crippen LogP contribution in [0.4, 0.5) is 0 Å². The van der Waals surface area contributed by atoms with Crippen molar-refractivity contribution in [2.24, 2.45) is 0 Å². The first kappa shape index (κ1) is 15.1. The van der Waals surface area contributed by atoms with Crippen LogP contribution < -0.4 is 0 Å². The predicted molar refractivity (Wildman–Crippen MR) is 81.7 cm³/mol. The molecule has 0 aromatic heterocycles. The van der Waals surface area contributed by atoms with E-state index in [0.717, 1.165) is 6.42 Å². The van der Waals surface area contributed by atoms with E-state index < -0.39 is 0 Å². The molecule has 4 heteroatoms. The van der Waals surface area contributed by atoms with E-state index in [1.165, 1.54) is 5.56 Å². The maximum Gasteiger partial charge on any atom is 0.319 e. The molecular weight excluding hydrogens is 272 g/mol. The molecule has 0 bridgehead atoms. The number of carbonyl (C=O) groups excluding carboxylic acids is 1. The summed E-state index contributed by atoms with van der Waals surface area (Å²) in [6.07, 6.45) is 4.92. The van der Waals surface area contributed by atoms with Gasteiger partial charge in [-0.2, -0.15) is 0 Å². The number of carbonyl (C=O) groups is 1. The van der Waals surface area contributed by atoms with E-state index in [2.05, 4.69) is 12.2 Å². The third kappa shape index (κ3) is 4.69. The molecule has 0 spiro atoms. The maximum absolute atomic E-state index is 11.7. The summed E-state index contributed by atoms with van der Waals surface area (Å²) < 4.78 is 10.8. The minimum Gasteiger partial charge on any atom is -0.465 e. The Labute approximate surface area is 124 Å². The van der Waals surface area contributed by atoms with Crippen molar-refractivity contribution in [2.75, 3.05) is 13.2 Å². The second-order valence-corrected chi connectivity index (χ2v) is 6.03. The zero-order valence-corrected chi connectivity index (χ0v) is 12.5.